The number of halogens is 2. The van der Waals surface area contributed by atoms with Gasteiger partial charge in [-0.1, -0.05) is 38.0 Å². The van der Waals surface area contributed by atoms with E-state index in [1.807, 2.05) is 0 Å². The van der Waals surface area contributed by atoms with Crippen molar-refractivity contribution in [3.8, 4) is 0 Å². The zero-order chi connectivity index (χ0) is 13.7. The first kappa shape index (κ1) is 20.7. The van der Waals surface area contributed by atoms with Gasteiger partial charge in [-0.15, -0.1) is 24.8 Å². The van der Waals surface area contributed by atoms with Crippen LogP contribution in [0.4, 0.5) is 0 Å². The van der Waals surface area contributed by atoms with Gasteiger partial charge < -0.3 is 5.32 Å². The fourth-order valence-corrected chi connectivity index (χ4v) is 2.92. The molecule has 0 amide bonds. The summed E-state index contributed by atoms with van der Waals surface area (Å²) in [7, 11) is 0. The number of aryl methyl sites for hydroxylation is 2. The second-order valence-electron chi connectivity index (χ2n) is 5.79. The summed E-state index contributed by atoms with van der Waals surface area (Å²) >= 11 is 0. The maximum absolute atomic E-state index is 3.46. The van der Waals surface area contributed by atoms with Crippen LogP contribution in [-0.4, -0.2) is 31.1 Å². The van der Waals surface area contributed by atoms with Gasteiger partial charge in [-0.3, -0.25) is 4.90 Å². The lowest BCUT2D eigenvalue weighted by molar-refractivity contribution is 0.163. The Kier molecular flexibility index (Phi) is 10.3. The molecule has 0 radical (unpaired) electrons. The minimum Gasteiger partial charge on any atom is -0.314 e. The molecule has 0 unspecified atom stereocenters. The average molecular weight is 333 g/mol. The van der Waals surface area contributed by atoms with Gasteiger partial charge in [0, 0.05) is 32.2 Å². The van der Waals surface area contributed by atoms with Crippen molar-refractivity contribution in [1.29, 1.82) is 0 Å². The van der Waals surface area contributed by atoms with E-state index in [0.717, 1.165) is 13.1 Å². The second kappa shape index (κ2) is 10.4. The van der Waals surface area contributed by atoms with E-state index in [4.69, 9.17) is 0 Å². The van der Waals surface area contributed by atoms with Gasteiger partial charge in [-0.05, 0) is 37.0 Å². The van der Waals surface area contributed by atoms with E-state index < -0.39 is 0 Å². The Bertz CT molecular complexity index is 404. The summed E-state index contributed by atoms with van der Waals surface area (Å²) in [6, 6.07) is 7.63. The second-order valence-corrected chi connectivity index (χ2v) is 5.79. The Labute approximate surface area is 142 Å². The lowest BCUT2D eigenvalue weighted by Gasteiger charge is -2.35. The summed E-state index contributed by atoms with van der Waals surface area (Å²) in [5.41, 5.74) is 4.34. The molecule has 1 N–H and O–H groups in total. The quantitative estimate of drug-likeness (QED) is 0.865. The molecule has 1 aromatic rings. The van der Waals surface area contributed by atoms with Crippen molar-refractivity contribution >= 4 is 24.8 Å². The highest BCUT2D eigenvalue weighted by atomic mass is 35.5. The molecular weight excluding hydrogens is 303 g/mol. The van der Waals surface area contributed by atoms with Crippen LogP contribution in [0.25, 0.3) is 0 Å². The first-order valence-electron chi connectivity index (χ1n) is 7.74. The molecule has 1 fully saturated rings. The van der Waals surface area contributed by atoms with E-state index in [2.05, 4.69) is 49.2 Å². The van der Waals surface area contributed by atoms with Crippen LogP contribution in [0.5, 0.6) is 0 Å². The van der Waals surface area contributed by atoms with Crippen LogP contribution >= 0.6 is 24.8 Å². The predicted octanol–water partition coefficient (Wildman–Crippen LogP) is 4.28. The van der Waals surface area contributed by atoms with Crippen LogP contribution in [-0.2, 0) is 0 Å². The van der Waals surface area contributed by atoms with Crippen molar-refractivity contribution in [1.82, 2.24) is 10.2 Å². The standard InChI is InChI=1S/C17H28N2.2ClH/c1-4-5-6-17(19-11-9-18-10-12-19)16-8-7-14(2)15(3)13-16;;/h7-8,13,17-18H,4-6,9-12H2,1-3H3;2*1H/t17-;;/m0../s1. The Balaban J connectivity index is 0.00000200. The smallest absolute Gasteiger partial charge is 0.0349 e. The molecule has 1 atom stereocenters. The molecule has 1 heterocycles. The number of nitrogens with zero attached hydrogens (tertiary/aromatic N) is 1. The predicted molar refractivity (Wildman–Crippen MR) is 97.1 cm³/mol. The van der Waals surface area contributed by atoms with E-state index in [9.17, 15) is 0 Å². The Morgan fingerprint density at radius 2 is 1.76 bits per heavy atom. The maximum Gasteiger partial charge on any atom is 0.0349 e. The van der Waals surface area contributed by atoms with E-state index in [-0.39, 0.29) is 24.8 Å². The molecule has 0 bridgehead atoms. The third-order valence-corrected chi connectivity index (χ3v) is 4.34. The Morgan fingerprint density at radius 1 is 1.10 bits per heavy atom. The van der Waals surface area contributed by atoms with E-state index in [0.29, 0.717) is 6.04 Å². The molecule has 1 saturated heterocycles. The SMILES string of the molecule is CCCC[C@@H](c1ccc(C)c(C)c1)N1CCNCC1.Cl.Cl. The van der Waals surface area contributed by atoms with Gasteiger partial charge >= 0.3 is 0 Å². The van der Waals surface area contributed by atoms with Crippen LogP contribution in [0.2, 0.25) is 0 Å². The van der Waals surface area contributed by atoms with Gasteiger partial charge in [-0.2, -0.15) is 0 Å². The molecule has 2 rings (SSSR count). The molecule has 4 heteroatoms. The molecule has 0 spiro atoms. The largest absolute Gasteiger partial charge is 0.314 e. The van der Waals surface area contributed by atoms with E-state index in [1.165, 1.54) is 49.0 Å². The van der Waals surface area contributed by atoms with Crippen LogP contribution in [0.3, 0.4) is 0 Å². The molecule has 1 aromatic carbocycles. The van der Waals surface area contributed by atoms with Gasteiger partial charge in [0.05, 0.1) is 0 Å². The van der Waals surface area contributed by atoms with Crippen LogP contribution in [0, 0.1) is 13.8 Å². The normalized spacial score (nSPS) is 16.7. The molecule has 122 valence electrons. The summed E-state index contributed by atoms with van der Waals surface area (Å²) in [5.74, 6) is 0. The summed E-state index contributed by atoms with van der Waals surface area (Å²) in [6.07, 6.45) is 3.90. The Hall–Kier alpha value is -0.280. The molecule has 21 heavy (non-hydrogen) atoms. The van der Waals surface area contributed by atoms with Gasteiger partial charge in [0.25, 0.3) is 0 Å². The van der Waals surface area contributed by atoms with Gasteiger partial charge in [0.1, 0.15) is 0 Å². The highest BCUT2D eigenvalue weighted by Crippen LogP contribution is 2.28. The molecule has 0 aliphatic carbocycles. The number of unbranched alkanes of at least 4 members (excludes halogenated alkanes) is 1. The first-order chi connectivity index (χ1) is 9.22. The highest BCUT2D eigenvalue weighted by Gasteiger charge is 2.21. The summed E-state index contributed by atoms with van der Waals surface area (Å²) in [4.78, 5) is 2.66. The average Bonchev–Trinajstić information content (AvgIpc) is 2.44. The van der Waals surface area contributed by atoms with Crippen LogP contribution in [0.15, 0.2) is 18.2 Å². The van der Waals surface area contributed by atoms with Crippen molar-refractivity contribution in [3.05, 3.63) is 34.9 Å². The highest BCUT2D eigenvalue weighted by molar-refractivity contribution is 5.85. The van der Waals surface area contributed by atoms with Crippen molar-refractivity contribution in [3.63, 3.8) is 0 Å². The minimum atomic E-state index is 0. The fourth-order valence-electron chi connectivity index (χ4n) is 2.92. The topological polar surface area (TPSA) is 15.3 Å². The van der Waals surface area contributed by atoms with E-state index in [1.54, 1.807) is 0 Å². The number of nitrogens with one attached hydrogen (secondary N) is 1. The summed E-state index contributed by atoms with van der Waals surface area (Å²) in [5, 5.41) is 3.46. The molecule has 1 aliphatic heterocycles. The fraction of sp³-hybridized carbons (Fsp3) is 0.647. The number of hydrogen-bond donors (Lipinski definition) is 1. The van der Waals surface area contributed by atoms with Gasteiger partial charge in [-0.25, -0.2) is 0 Å². The lowest BCUT2D eigenvalue weighted by atomic mass is 9.95. The zero-order valence-electron chi connectivity index (χ0n) is 13.5. The van der Waals surface area contributed by atoms with Gasteiger partial charge in [0.15, 0.2) is 0 Å². The third kappa shape index (κ3) is 5.78. The lowest BCUT2D eigenvalue weighted by Crippen LogP contribution is -2.45. The van der Waals surface area contributed by atoms with Crippen molar-refractivity contribution in [2.24, 2.45) is 0 Å². The van der Waals surface area contributed by atoms with Crippen molar-refractivity contribution < 1.29 is 0 Å². The summed E-state index contributed by atoms with van der Waals surface area (Å²) in [6.45, 7) is 11.3. The first-order valence-corrected chi connectivity index (χ1v) is 7.74. The monoisotopic (exact) mass is 332 g/mol. The van der Waals surface area contributed by atoms with Crippen LogP contribution in [0.1, 0.15) is 48.9 Å². The number of hydrogen-bond acceptors (Lipinski definition) is 2. The maximum atomic E-state index is 3.46. The molecule has 2 nitrogen and oxygen atoms in total. The number of piperazine rings is 1. The minimum absolute atomic E-state index is 0. The summed E-state index contributed by atoms with van der Waals surface area (Å²) < 4.78 is 0. The molecule has 0 saturated carbocycles. The van der Waals surface area contributed by atoms with Crippen molar-refractivity contribution in [2.75, 3.05) is 26.2 Å². The Morgan fingerprint density at radius 3 is 2.33 bits per heavy atom. The van der Waals surface area contributed by atoms with Crippen molar-refractivity contribution in [2.45, 2.75) is 46.1 Å². The molecular formula is C17H30Cl2N2. The van der Waals surface area contributed by atoms with Gasteiger partial charge in [0.2, 0.25) is 0 Å². The third-order valence-electron chi connectivity index (χ3n) is 4.34. The van der Waals surface area contributed by atoms with Crippen LogP contribution < -0.4 is 5.32 Å². The number of rotatable bonds is 5. The zero-order valence-corrected chi connectivity index (χ0v) is 15.2. The number of benzene rings is 1. The molecule has 1 aliphatic rings. The van der Waals surface area contributed by atoms with E-state index >= 15 is 0 Å². The molecule has 0 aromatic heterocycles.